The fraction of sp³-hybridized carbons (Fsp3) is 0.467. The molecule has 1 aliphatic carbocycles. The van der Waals surface area contributed by atoms with Gasteiger partial charge >= 0.3 is 5.97 Å². The van der Waals surface area contributed by atoms with Crippen LogP contribution in [0.15, 0.2) is 18.2 Å². The van der Waals surface area contributed by atoms with E-state index in [2.05, 4.69) is 6.07 Å². The van der Waals surface area contributed by atoms with Gasteiger partial charge in [-0.1, -0.05) is 18.0 Å². The fourth-order valence-electron chi connectivity index (χ4n) is 3.72. The molecule has 0 bridgehead atoms. The number of carboxylic acid groups (broad SMARTS) is 1. The Bertz CT molecular complexity index is 596. The Kier molecular flexibility index (Phi) is 3.31. The van der Waals surface area contributed by atoms with E-state index < -0.39 is 12.0 Å². The van der Waals surface area contributed by atoms with Gasteiger partial charge < -0.3 is 10.0 Å². The molecule has 4 nitrogen and oxygen atoms in total. The van der Waals surface area contributed by atoms with E-state index >= 15 is 0 Å². The molecule has 1 aromatic rings. The van der Waals surface area contributed by atoms with Crippen molar-refractivity contribution in [1.29, 1.82) is 5.26 Å². The number of hydrogen-bond acceptors (Lipinski definition) is 3. The molecule has 3 atom stereocenters. The van der Waals surface area contributed by atoms with Crippen molar-refractivity contribution < 1.29 is 9.90 Å². The van der Waals surface area contributed by atoms with Gasteiger partial charge in [0.05, 0.1) is 11.3 Å². The summed E-state index contributed by atoms with van der Waals surface area (Å²) >= 11 is 5.91. The van der Waals surface area contributed by atoms with Crippen LogP contribution >= 0.6 is 11.6 Å². The van der Waals surface area contributed by atoms with Crippen LogP contribution in [0.25, 0.3) is 0 Å². The molecule has 1 heterocycles. The maximum Gasteiger partial charge on any atom is 0.326 e. The lowest BCUT2D eigenvalue weighted by Gasteiger charge is -2.27. The molecular weight excluding hydrogens is 276 g/mol. The molecule has 0 radical (unpaired) electrons. The van der Waals surface area contributed by atoms with Crippen LogP contribution in [0, 0.1) is 23.2 Å². The van der Waals surface area contributed by atoms with E-state index in [0.717, 1.165) is 25.8 Å². The Balaban J connectivity index is 2.01. The SMILES string of the molecule is N#Cc1cc(Cl)ccc1N1CC2CCCC2C1C(=O)O. The first kappa shape index (κ1) is 13.3. The van der Waals surface area contributed by atoms with Crippen LogP contribution in [0.1, 0.15) is 24.8 Å². The van der Waals surface area contributed by atoms with Crippen molar-refractivity contribution in [3.8, 4) is 6.07 Å². The average molecular weight is 291 g/mol. The molecule has 2 fully saturated rings. The van der Waals surface area contributed by atoms with Gasteiger partial charge in [0.1, 0.15) is 12.1 Å². The van der Waals surface area contributed by atoms with E-state index in [-0.39, 0.29) is 5.92 Å². The minimum Gasteiger partial charge on any atom is -0.480 e. The molecule has 0 aromatic heterocycles. The van der Waals surface area contributed by atoms with E-state index in [9.17, 15) is 15.2 Å². The Morgan fingerprint density at radius 2 is 2.25 bits per heavy atom. The number of benzene rings is 1. The molecule has 104 valence electrons. The highest BCUT2D eigenvalue weighted by atomic mass is 35.5. The molecule has 1 saturated heterocycles. The Morgan fingerprint density at radius 3 is 2.95 bits per heavy atom. The second-order valence-electron chi connectivity index (χ2n) is 5.56. The Morgan fingerprint density at radius 1 is 1.45 bits per heavy atom. The molecule has 5 heteroatoms. The number of anilines is 1. The lowest BCUT2D eigenvalue weighted by atomic mass is 9.94. The number of aliphatic carboxylic acids is 1. The number of rotatable bonds is 2. The minimum atomic E-state index is -0.793. The van der Waals surface area contributed by atoms with Crippen LogP contribution in [-0.4, -0.2) is 23.7 Å². The zero-order valence-corrected chi connectivity index (χ0v) is 11.7. The summed E-state index contributed by atoms with van der Waals surface area (Å²) < 4.78 is 0. The minimum absolute atomic E-state index is 0.203. The van der Waals surface area contributed by atoms with Crippen LogP contribution in [0.3, 0.4) is 0 Å². The van der Waals surface area contributed by atoms with Crippen LogP contribution < -0.4 is 4.90 Å². The predicted molar refractivity (Wildman–Crippen MR) is 75.8 cm³/mol. The number of fused-ring (bicyclic) bond motifs is 1. The van der Waals surface area contributed by atoms with Crippen molar-refractivity contribution in [2.45, 2.75) is 25.3 Å². The maximum absolute atomic E-state index is 11.6. The van der Waals surface area contributed by atoms with Gasteiger partial charge in [-0.15, -0.1) is 0 Å². The lowest BCUT2D eigenvalue weighted by molar-refractivity contribution is -0.139. The monoisotopic (exact) mass is 290 g/mol. The number of nitrogens with zero attached hydrogens (tertiary/aromatic N) is 2. The van der Waals surface area contributed by atoms with Gasteiger partial charge in [-0.2, -0.15) is 5.26 Å². The molecule has 1 N–H and O–H groups in total. The van der Waals surface area contributed by atoms with E-state index in [0.29, 0.717) is 22.2 Å². The van der Waals surface area contributed by atoms with Crippen molar-refractivity contribution in [3.05, 3.63) is 28.8 Å². The summed E-state index contributed by atoms with van der Waals surface area (Å²) in [5.41, 5.74) is 1.14. The molecule has 1 saturated carbocycles. The van der Waals surface area contributed by atoms with E-state index in [1.54, 1.807) is 18.2 Å². The standard InChI is InChI=1S/C15H15ClN2O2/c16-11-4-5-13(10(6-11)7-17)18-8-9-2-1-3-12(9)14(18)15(19)20/h4-6,9,12,14H,1-3,8H2,(H,19,20). The summed E-state index contributed by atoms with van der Waals surface area (Å²) in [7, 11) is 0. The molecule has 0 amide bonds. The fourth-order valence-corrected chi connectivity index (χ4v) is 3.89. The molecule has 0 spiro atoms. The highest BCUT2D eigenvalue weighted by Crippen LogP contribution is 2.44. The summed E-state index contributed by atoms with van der Waals surface area (Å²) in [6, 6.07) is 6.68. The molecule has 3 rings (SSSR count). The highest BCUT2D eigenvalue weighted by molar-refractivity contribution is 6.30. The number of carbonyl (C=O) groups is 1. The summed E-state index contributed by atoms with van der Waals surface area (Å²) in [6.45, 7) is 0.720. The van der Waals surface area contributed by atoms with Crippen molar-refractivity contribution in [2.75, 3.05) is 11.4 Å². The number of halogens is 1. The molecule has 2 aliphatic rings. The smallest absolute Gasteiger partial charge is 0.326 e. The second-order valence-corrected chi connectivity index (χ2v) is 6.00. The van der Waals surface area contributed by atoms with Crippen LogP contribution in [0.4, 0.5) is 5.69 Å². The summed E-state index contributed by atoms with van der Waals surface area (Å²) in [5.74, 6) is -0.161. The third-order valence-electron chi connectivity index (χ3n) is 4.53. The zero-order valence-electron chi connectivity index (χ0n) is 10.9. The van der Waals surface area contributed by atoms with Crippen LogP contribution in [-0.2, 0) is 4.79 Å². The first-order valence-electron chi connectivity index (χ1n) is 6.81. The first-order chi connectivity index (χ1) is 9.61. The van der Waals surface area contributed by atoms with Gasteiger partial charge in [0.15, 0.2) is 0 Å². The Labute approximate surface area is 122 Å². The molecule has 20 heavy (non-hydrogen) atoms. The topological polar surface area (TPSA) is 64.3 Å². The molecule has 3 unspecified atom stereocenters. The third kappa shape index (κ3) is 2.03. The van der Waals surface area contributed by atoms with Gasteiger partial charge in [-0.3, -0.25) is 0 Å². The van der Waals surface area contributed by atoms with Crippen molar-refractivity contribution >= 4 is 23.3 Å². The lowest BCUT2D eigenvalue weighted by Crippen LogP contribution is -2.40. The van der Waals surface area contributed by atoms with Gasteiger partial charge in [-0.25, -0.2) is 4.79 Å². The number of carboxylic acids is 1. The third-order valence-corrected chi connectivity index (χ3v) is 4.77. The number of nitriles is 1. The largest absolute Gasteiger partial charge is 0.480 e. The van der Waals surface area contributed by atoms with E-state index in [1.807, 2.05) is 4.90 Å². The van der Waals surface area contributed by atoms with Crippen molar-refractivity contribution in [1.82, 2.24) is 0 Å². The van der Waals surface area contributed by atoms with Crippen LogP contribution in [0.2, 0.25) is 5.02 Å². The normalized spacial score (nSPS) is 28.2. The van der Waals surface area contributed by atoms with Gasteiger partial charge in [0.2, 0.25) is 0 Å². The quantitative estimate of drug-likeness (QED) is 0.909. The first-order valence-corrected chi connectivity index (χ1v) is 7.18. The summed E-state index contributed by atoms with van der Waals surface area (Å²) in [4.78, 5) is 13.5. The van der Waals surface area contributed by atoms with Crippen molar-refractivity contribution in [2.24, 2.45) is 11.8 Å². The predicted octanol–water partition coefficient (Wildman–Crippen LogP) is 2.90. The van der Waals surface area contributed by atoms with Gasteiger partial charge in [0, 0.05) is 11.6 Å². The summed E-state index contributed by atoms with van der Waals surface area (Å²) in [6.07, 6.45) is 3.16. The van der Waals surface area contributed by atoms with Gasteiger partial charge in [-0.05, 0) is 42.9 Å². The van der Waals surface area contributed by atoms with Crippen LogP contribution in [0.5, 0.6) is 0 Å². The van der Waals surface area contributed by atoms with E-state index in [1.165, 1.54) is 0 Å². The second kappa shape index (κ2) is 4.99. The van der Waals surface area contributed by atoms with E-state index in [4.69, 9.17) is 11.6 Å². The van der Waals surface area contributed by atoms with Crippen molar-refractivity contribution in [3.63, 3.8) is 0 Å². The highest BCUT2D eigenvalue weighted by Gasteiger charge is 2.48. The Hall–Kier alpha value is -1.73. The van der Waals surface area contributed by atoms with Gasteiger partial charge in [0.25, 0.3) is 0 Å². The average Bonchev–Trinajstić information content (AvgIpc) is 2.97. The zero-order chi connectivity index (χ0) is 14.3. The summed E-state index contributed by atoms with van der Waals surface area (Å²) in [5, 5.41) is 19.3. The maximum atomic E-state index is 11.6. The molecular formula is C15H15ClN2O2. The molecule has 1 aromatic carbocycles. The molecule has 1 aliphatic heterocycles. The number of hydrogen-bond donors (Lipinski definition) is 1.